The summed E-state index contributed by atoms with van der Waals surface area (Å²) in [6, 6.07) is 60.1. The molecule has 0 fully saturated rings. The van der Waals surface area contributed by atoms with Gasteiger partial charge in [0.1, 0.15) is 5.75 Å². The van der Waals surface area contributed by atoms with Gasteiger partial charge in [-0.3, -0.25) is 0 Å². The predicted molar refractivity (Wildman–Crippen MR) is 181 cm³/mol. The molecular weight excluding hydrogens is 522 g/mol. The van der Waals surface area contributed by atoms with Crippen molar-refractivity contribution < 1.29 is 4.74 Å². The van der Waals surface area contributed by atoms with Gasteiger partial charge in [0, 0.05) is 22.4 Å². The van der Waals surface area contributed by atoms with Crippen molar-refractivity contribution in [1.29, 1.82) is 0 Å². The van der Waals surface area contributed by atoms with Crippen molar-refractivity contribution in [2.75, 3.05) is 12.0 Å². The lowest BCUT2D eigenvalue weighted by atomic mass is 9.97. The quantitative estimate of drug-likeness (QED) is 0.195. The van der Waals surface area contributed by atoms with Crippen molar-refractivity contribution in [1.82, 2.24) is 0 Å². The number of ether oxygens (including phenoxy) is 1. The molecule has 7 aromatic carbocycles. The van der Waals surface area contributed by atoms with Gasteiger partial charge in [0.05, 0.1) is 7.11 Å². The number of benzene rings is 7. The zero-order valence-electron chi connectivity index (χ0n) is 24.0. The molecule has 0 amide bonds. The van der Waals surface area contributed by atoms with E-state index in [1.54, 1.807) is 7.11 Å². The third-order valence-electron chi connectivity index (χ3n) is 8.01. The number of fused-ring (bicyclic) bond motifs is 1. The van der Waals surface area contributed by atoms with Gasteiger partial charge in [0.25, 0.3) is 0 Å². The summed E-state index contributed by atoms with van der Waals surface area (Å²) in [5.41, 5.74) is 10.5. The maximum Gasteiger partial charge on any atom is 0.126 e. The summed E-state index contributed by atoms with van der Waals surface area (Å²) in [6.07, 6.45) is 0. The van der Waals surface area contributed by atoms with Crippen LogP contribution in [0.3, 0.4) is 0 Å². The summed E-state index contributed by atoms with van der Waals surface area (Å²) in [6.45, 7) is 0. The predicted octanol–water partition coefficient (Wildman–Crippen LogP) is 11.3. The van der Waals surface area contributed by atoms with Crippen molar-refractivity contribution in [2.45, 2.75) is 0 Å². The van der Waals surface area contributed by atoms with Crippen LogP contribution < -0.4 is 9.64 Å². The lowest BCUT2D eigenvalue weighted by Gasteiger charge is -2.26. The second-order valence-corrected chi connectivity index (χ2v) is 10.6. The smallest absolute Gasteiger partial charge is 0.126 e. The number of rotatable bonds is 7. The molecule has 0 spiro atoms. The molecule has 0 saturated heterocycles. The highest BCUT2D eigenvalue weighted by Gasteiger charge is 2.15. The van der Waals surface area contributed by atoms with Crippen LogP contribution in [0, 0.1) is 0 Å². The van der Waals surface area contributed by atoms with Gasteiger partial charge in [-0.15, -0.1) is 0 Å². The Bertz CT molecular complexity index is 1880. The molecule has 0 saturated carbocycles. The minimum absolute atomic E-state index is 0.889. The molecule has 0 aromatic heterocycles. The molecule has 43 heavy (non-hydrogen) atoms. The molecule has 0 bridgehead atoms. The van der Waals surface area contributed by atoms with Crippen molar-refractivity contribution >= 4 is 27.8 Å². The van der Waals surface area contributed by atoms with Gasteiger partial charge in [-0.1, -0.05) is 127 Å². The lowest BCUT2D eigenvalue weighted by Crippen LogP contribution is -2.09. The maximum absolute atomic E-state index is 5.63. The Kier molecular flexibility index (Phi) is 7.17. The SMILES string of the molecule is COc1ccc(-c2ccc(N(c3ccc(-c4ccccc4)cc3)c3ccc(-c4ccccc4)cc3)cc2)c2ccccc12. The summed E-state index contributed by atoms with van der Waals surface area (Å²) in [5, 5.41) is 2.30. The summed E-state index contributed by atoms with van der Waals surface area (Å²) < 4.78 is 5.63. The molecule has 2 heteroatoms. The third-order valence-corrected chi connectivity index (χ3v) is 8.01. The van der Waals surface area contributed by atoms with E-state index in [2.05, 4.69) is 175 Å². The number of hydrogen-bond acceptors (Lipinski definition) is 2. The Hall–Kier alpha value is -5.60. The third kappa shape index (κ3) is 5.27. The summed E-state index contributed by atoms with van der Waals surface area (Å²) in [7, 11) is 1.73. The average molecular weight is 554 g/mol. The molecule has 0 atom stereocenters. The lowest BCUT2D eigenvalue weighted by molar-refractivity contribution is 0.420. The first-order valence-electron chi connectivity index (χ1n) is 14.6. The highest BCUT2D eigenvalue weighted by molar-refractivity contribution is 6.00. The molecule has 0 aliphatic rings. The summed E-state index contributed by atoms with van der Waals surface area (Å²) in [5.74, 6) is 0.889. The Morgan fingerprint density at radius 2 is 0.744 bits per heavy atom. The van der Waals surface area contributed by atoms with Crippen molar-refractivity contribution in [3.63, 3.8) is 0 Å². The van der Waals surface area contributed by atoms with Gasteiger partial charge in [0.15, 0.2) is 0 Å². The first-order valence-corrected chi connectivity index (χ1v) is 14.6. The number of nitrogens with zero attached hydrogens (tertiary/aromatic N) is 1. The zero-order valence-corrected chi connectivity index (χ0v) is 24.0. The van der Waals surface area contributed by atoms with Crippen molar-refractivity contribution in [2.24, 2.45) is 0 Å². The highest BCUT2D eigenvalue weighted by atomic mass is 16.5. The Labute approximate surface area is 253 Å². The van der Waals surface area contributed by atoms with E-state index in [4.69, 9.17) is 4.74 Å². The fourth-order valence-corrected chi connectivity index (χ4v) is 5.81. The van der Waals surface area contributed by atoms with Gasteiger partial charge >= 0.3 is 0 Å². The van der Waals surface area contributed by atoms with Crippen LogP contribution in [0.25, 0.3) is 44.2 Å². The van der Waals surface area contributed by atoms with Crippen molar-refractivity contribution in [3.05, 3.63) is 170 Å². The fourth-order valence-electron chi connectivity index (χ4n) is 5.81. The van der Waals surface area contributed by atoms with Crippen LogP contribution in [-0.4, -0.2) is 7.11 Å². The normalized spacial score (nSPS) is 10.9. The van der Waals surface area contributed by atoms with Crippen LogP contribution in [0.4, 0.5) is 17.1 Å². The minimum atomic E-state index is 0.889. The molecule has 0 aliphatic heterocycles. The van der Waals surface area contributed by atoms with Gasteiger partial charge in [0.2, 0.25) is 0 Å². The molecule has 0 N–H and O–H groups in total. The first-order chi connectivity index (χ1) is 21.3. The first kappa shape index (κ1) is 26.3. The van der Waals surface area contributed by atoms with E-state index in [1.807, 2.05) is 0 Å². The monoisotopic (exact) mass is 553 g/mol. The van der Waals surface area contributed by atoms with Crippen LogP contribution in [0.5, 0.6) is 5.75 Å². The van der Waals surface area contributed by atoms with E-state index in [0.29, 0.717) is 0 Å². The van der Waals surface area contributed by atoms with Crippen LogP contribution >= 0.6 is 0 Å². The average Bonchev–Trinajstić information content (AvgIpc) is 3.10. The Balaban J connectivity index is 1.28. The van der Waals surface area contributed by atoms with E-state index < -0.39 is 0 Å². The second-order valence-electron chi connectivity index (χ2n) is 10.6. The standard InChI is InChI=1S/C41H31NO/c1-43-41-29-28-38(39-14-8-9-15-40(39)41)34-20-26-37(27-21-34)42(35-22-16-32(17-23-35)30-10-4-2-5-11-30)36-24-18-33(19-25-36)31-12-6-3-7-13-31/h2-29H,1H3. The topological polar surface area (TPSA) is 12.5 Å². The van der Waals surface area contributed by atoms with Gasteiger partial charge in [-0.25, -0.2) is 0 Å². The molecule has 0 heterocycles. The largest absolute Gasteiger partial charge is 0.496 e. The van der Waals surface area contributed by atoms with Crippen LogP contribution in [0.2, 0.25) is 0 Å². The fraction of sp³-hybridized carbons (Fsp3) is 0.0244. The molecule has 0 unspecified atom stereocenters. The molecular formula is C41H31NO. The molecule has 0 radical (unpaired) electrons. The minimum Gasteiger partial charge on any atom is -0.496 e. The molecule has 7 aromatic rings. The van der Waals surface area contributed by atoms with Crippen LogP contribution in [0.15, 0.2) is 170 Å². The van der Waals surface area contributed by atoms with Crippen molar-refractivity contribution in [3.8, 4) is 39.1 Å². The summed E-state index contributed by atoms with van der Waals surface area (Å²) >= 11 is 0. The molecule has 7 rings (SSSR count). The zero-order chi connectivity index (χ0) is 29.0. The van der Waals surface area contributed by atoms with E-state index in [1.165, 1.54) is 38.8 Å². The molecule has 0 aliphatic carbocycles. The maximum atomic E-state index is 5.63. The Morgan fingerprint density at radius 3 is 1.21 bits per heavy atom. The number of hydrogen-bond donors (Lipinski definition) is 0. The van der Waals surface area contributed by atoms with E-state index in [0.717, 1.165) is 28.2 Å². The van der Waals surface area contributed by atoms with Crippen LogP contribution in [0.1, 0.15) is 0 Å². The van der Waals surface area contributed by atoms with Gasteiger partial charge < -0.3 is 9.64 Å². The van der Waals surface area contributed by atoms with Gasteiger partial charge in [-0.2, -0.15) is 0 Å². The van der Waals surface area contributed by atoms with E-state index in [-0.39, 0.29) is 0 Å². The van der Waals surface area contributed by atoms with E-state index in [9.17, 15) is 0 Å². The summed E-state index contributed by atoms with van der Waals surface area (Å²) in [4.78, 5) is 2.32. The highest BCUT2D eigenvalue weighted by Crippen LogP contribution is 2.39. The second kappa shape index (κ2) is 11.7. The Morgan fingerprint density at radius 1 is 0.349 bits per heavy atom. The molecule has 2 nitrogen and oxygen atoms in total. The number of methoxy groups -OCH3 is 1. The van der Waals surface area contributed by atoms with Crippen LogP contribution in [-0.2, 0) is 0 Å². The van der Waals surface area contributed by atoms with E-state index >= 15 is 0 Å². The number of anilines is 3. The van der Waals surface area contributed by atoms with Gasteiger partial charge in [-0.05, 0) is 81.2 Å². The molecule has 206 valence electrons.